The number of carbonyl (C=O) groups is 2. The number of aromatic nitrogens is 2. The summed E-state index contributed by atoms with van der Waals surface area (Å²) in [6.07, 6.45) is 2.77. The van der Waals surface area contributed by atoms with Crippen molar-refractivity contribution in [2.45, 2.75) is 13.0 Å². The summed E-state index contributed by atoms with van der Waals surface area (Å²) >= 11 is 0. The second-order valence-corrected chi connectivity index (χ2v) is 5.23. The minimum Gasteiger partial charge on any atom is -0.472 e. The van der Waals surface area contributed by atoms with E-state index in [2.05, 4.69) is 20.2 Å². The Balaban J connectivity index is 1.71. The topological polar surface area (TPSA) is 107 Å². The van der Waals surface area contributed by atoms with Crippen LogP contribution in [0.15, 0.2) is 51.8 Å². The predicted octanol–water partition coefficient (Wildman–Crippen LogP) is 2.61. The molecule has 0 aliphatic rings. The minimum absolute atomic E-state index is 0.267. The molecule has 1 N–H and O–H groups in total. The molecule has 0 aliphatic carbocycles. The third-order valence-electron chi connectivity index (χ3n) is 3.51. The van der Waals surface area contributed by atoms with Crippen LogP contribution >= 0.6 is 0 Å². The zero-order chi connectivity index (χ0) is 17.8. The molecule has 0 unspecified atom stereocenters. The van der Waals surface area contributed by atoms with Crippen LogP contribution in [0.3, 0.4) is 0 Å². The Labute approximate surface area is 142 Å². The van der Waals surface area contributed by atoms with Gasteiger partial charge in [0.05, 0.1) is 24.5 Å². The summed E-state index contributed by atoms with van der Waals surface area (Å²) in [6, 6.07) is 7.69. The van der Waals surface area contributed by atoms with Crippen molar-refractivity contribution in [3.63, 3.8) is 0 Å². The maximum absolute atomic E-state index is 12.0. The first-order valence-corrected chi connectivity index (χ1v) is 7.44. The molecule has 0 radical (unpaired) electrons. The Morgan fingerprint density at radius 1 is 1.16 bits per heavy atom. The molecule has 1 amide bonds. The lowest BCUT2D eigenvalue weighted by Gasteiger charge is -2.07. The molecule has 0 bridgehead atoms. The number of methoxy groups -OCH3 is 1. The molecule has 1 atom stereocenters. The SMILES string of the molecule is COC(=O)c1ccc(-c2noc([C@@H](C)NC(=O)c3ccoc3)n2)cc1. The molecule has 2 heterocycles. The molecular weight excluding hydrogens is 326 g/mol. The highest BCUT2D eigenvalue weighted by atomic mass is 16.5. The van der Waals surface area contributed by atoms with E-state index >= 15 is 0 Å². The Bertz CT molecular complexity index is 868. The number of ether oxygens (including phenoxy) is 1. The molecule has 0 fully saturated rings. The van der Waals surface area contributed by atoms with E-state index in [0.29, 0.717) is 22.5 Å². The smallest absolute Gasteiger partial charge is 0.337 e. The lowest BCUT2D eigenvalue weighted by atomic mass is 10.1. The van der Waals surface area contributed by atoms with Crippen molar-refractivity contribution in [2.75, 3.05) is 7.11 Å². The van der Waals surface area contributed by atoms with Gasteiger partial charge in [-0.05, 0) is 25.1 Å². The van der Waals surface area contributed by atoms with Crippen molar-refractivity contribution in [3.05, 3.63) is 59.9 Å². The summed E-state index contributed by atoms with van der Waals surface area (Å²) in [5, 5.41) is 6.64. The van der Waals surface area contributed by atoms with Crippen LogP contribution in [0.1, 0.15) is 39.6 Å². The van der Waals surface area contributed by atoms with Crippen LogP contribution in [0.25, 0.3) is 11.4 Å². The molecule has 0 saturated heterocycles. The summed E-state index contributed by atoms with van der Waals surface area (Å²) in [6.45, 7) is 1.73. The summed E-state index contributed by atoms with van der Waals surface area (Å²) in [7, 11) is 1.32. The van der Waals surface area contributed by atoms with Crippen LogP contribution in [0.5, 0.6) is 0 Å². The van der Waals surface area contributed by atoms with Gasteiger partial charge in [0.2, 0.25) is 11.7 Å². The fourth-order valence-electron chi connectivity index (χ4n) is 2.14. The highest BCUT2D eigenvalue weighted by Crippen LogP contribution is 2.20. The second kappa shape index (κ2) is 7.00. The van der Waals surface area contributed by atoms with Gasteiger partial charge in [-0.25, -0.2) is 4.79 Å². The molecule has 0 aliphatic heterocycles. The van der Waals surface area contributed by atoms with Crippen LogP contribution in [-0.2, 0) is 4.74 Å². The van der Waals surface area contributed by atoms with Crippen molar-refractivity contribution < 1.29 is 23.3 Å². The maximum Gasteiger partial charge on any atom is 0.337 e. The molecule has 0 spiro atoms. The average Bonchev–Trinajstić information content (AvgIpc) is 3.33. The third-order valence-corrected chi connectivity index (χ3v) is 3.51. The second-order valence-electron chi connectivity index (χ2n) is 5.23. The average molecular weight is 341 g/mol. The van der Waals surface area contributed by atoms with Gasteiger partial charge in [-0.15, -0.1) is 0 Å². The lowest BCUT2D eigenvalue weighted by Crippen LogP contribution is -2.26. The first kappa shape index (κ1) is 16.4. The number of carbonyl (C=O) groups excluding carboxylic acids is 2. The number of hydrogen-bond donors (Lipinski definition) is 1. The van der Waals surface area contributed by atoms with Gasteiger partial charge in [0.15, 0.2) is 0 Å². The van der Waals surface area contributed by atoms with Crippen LogP contribution in [-0.4, -0.2) is 29.1 Å². The van der Waals surface area contributed by atoms with Gasteiger partial charge >= 0.3 is 5.97 Å². The standard InChI is InChI=1S/C17H15N3O5/c1-10(18-15(21)13-7-8-24-9-13)16-19-14(20-25-16)11-3-5-12(6-4-11)17(22)23-2/h3-10H,1-2H3,(H,18,21)/t10-/m1/s1. The van der Waals surface area contributed by atoms with Gasteiger partial charge in [0, 0.05) is 5.56 Å². The first-order valence-electron chi connectivity index (χ1n) is 7.44. The van der Waals surface area contributed by atoms with E-state index in [1.807, 2.05) is 0 Å². The van der Waals surface area contributed by atoms with Crippen molar-refractivity contribution >= 4 is 11.9 Å². The molecule has 1 aromatic carbocycles. The van der Waals surface area contributed by atoms with Crippen molar-refractivity contribution in [3.8, 4) is 11.4 Å². The van der Waals surface area contributed by atoms with Gasteiger partial charge in [-0.1, -0.05) is 17.3 Å². The zero-order valence-corrected chi connectivity index (χ0v) is 13.6. The highest BCUT2D eigenvalue weighted by Gasteiger charge is 2.19. The number of benzene rings is 1. The number of hydrogen-bond acceptors (Lipinski definition) is 7. The number of nitrogens with one attached hydrogen (secondary N) is 1. The van der Waals surface area contributed by atoms with E-state index in [-0.39, 0.29) is 11.8 Å². The van der Waals surface area contributed by atoms with Crippen LogP contribution in [0.2, 0.25) is 0 Å². The van der Waals surface area contributed by atoms with E-state index in [0.717, 1.165) is 0 Å². The predicted molar refractivity (Wildman–Crippen MR) is 85.7 cm³/mol. The largest absolute Gasteiger partial charge is 0.472 e. The number of esters is 1. The van der Waals surface area contributed by atoms with E-state index in [1.165, 1.54) is 19.6 Å². The van der Waals surface area contributed by atoms with E-state index < -0.39 is 12.0 Å². The highest BCUT2D eigenvalue weighted by molar-refractivity contribution is 5.94. The van der Waals surface area contributed by atoms with Crippen molar-refractivity contribution in [2.24, 2.45) is 0 Å². The molecule has 25 heavy (non-hydrogen) atoms. The molecular formula is C17H15N3O5. The quantitative estimate of drug-likeness (QED) is 0.711. The number of furan rings is 1. The van der Waals surface area contributed by atoms with Crippen molar-refractivity contribution in [1.82, 2.24) is 15.5 Å². The monoisotopic (exact) mass is 341 g/mol. The Morgan fingerprint density at radius 3 is 2.56 bits per heavy atom. The summed E-state index contributed by atoms with van der Waals surface area (Å²) < 4.78 is 14.7. The van der Waals surface area contributed by atoms with Crippen LogP contribution < -0.4 is 5.32 Å². The fraction of sp³-hybridized carbons (Fsp3) is 0.176. The van der Waals surface area contributed by atoms with Gasteiger partial charge in [0.1, 0.15) is 12.3 Å². The Morgan fingerprint density at radius 2 is 1.92 bits per heavy atom. The fourth-order valence-corrected chi connectivity index (χ4v) is 2.14. The van der Waals surface area contributed by atoms with Crippen molar-refractivity contribution in [1.29, 1.82) is 0 Å². The Hall–Kier alpha value is -3.42. The van der Waals surface area contributed by atoms with Gasteiger partial charge in [-0.2, -0.15) is 4.98 Å². The van der Waals surface area contributed by atoms with Crippen LogP contribution in [0, 0.1) is 0 Å². The normalized spacial score (nSPS) is 11.8. The third kappa shape index (κ3) is 3.57. The molecule has 0 saturated carbocycles. The lowest BCUT2D eigenvalue weighted by molar-refractivity contribution is 0.0600. The van der Waals surface area contributed by atoms with Gasteiger partial charge in [-0.3, -0.25) is 4.79 Å². The van der Waals surface area contributed by atoms with E-state index in [9.17, 15) is 9.59 Å². The summed E-state index contributed by atoms with van der Waals surface area (Å²) in [5.74, 6) is -0.0981. The summed E-state index contributed by atoms with van der Waals surface area (Å²) in [5.41, 5.74) is 1.51. The van der Waals surface area contributed by atoms with Gasteiger partial charge in [0.25, 0.3) is 5.91 Å². The molecule has 3 aromatic rings. The number of amides is 1. The molecule has 8 nitrogen and oxygen atoms in total. The minimum atomic E-state index is -0.474. The molecule has 8 heteroatoms. The van der Waals surface area contributed by atoms with E-state index in [4.69, 9.17) is 8.94 Å². The van der Waals surface area contributed by atoms with E-state index in [1.54, 1.807) is 37.3 Å². The maximum atomic E-state index is 12.0. The molecule has 3 rings (SSSR count). The number of rotatable bonds is 5. The molecule has 128 valence electrons. The van der Waals surface area contributed by atoms with Gasteiger partial charge < -0.3 is 19.0 Å². The summed E-state index contributed by atoms with van der Waals surface area (Å²) in [4.78, 5) is 27.7. The number of nitrogens with zero attached hydrogens (tertiary/aromatic N) is 2. The molecule has 2 aromatic heterocycles. The zero-order valence-electron chi connectivity index (χ0n) is 13.6. The Kier molecular flexibility index (Phi) is 4.60. The first-order chi connectivity index (χ1) is 12.1. The van der Waals surface area contributed by atoms with Crippen LogP contribution in [0.4, 0.5) is 0 Å².